The van der Waals surface area contributed by atoms with E-state index in [1.807, 2.05) is 44.2 Å². The monoisotopic (exact) mass is 280 g/mol. The number of hydrogen-bond acceptors (Lipinski definition) is 3. The summed E-state index contributed by atoms with van der Waals surface area (Å²) in [7, 11) is 1.62. The molecule has 3 atom stereocenters. The number of nitrogens with one attached hydrogen (secondary N) is 2. The van der Waals surface area contributed by atoms with Gasteiger partial charge in [-0.25, -0.2) is 4.79 Å². The predicted octanol–water partition coefficient (Wildman–Crippen LogP) is 1.69. The molecule has 0 aliphatic heterocycles. The van der Waals surface area contributed by atoms with Gasteiger partial charge in [0, 0.05) is 26.3 Å². The molecule has 1 aromatic rings. The Kier molecular flexibility index (Phi) is 7.04. The topological polar surface area (TPSA) is 70.6 Å². The summed E-state index contributed by atoms with van der Waals surface area (Å²) in [4.78, 5) is 11.8. The Hall–Kier alpha value is -1.59. The van der Waals surface area contributed by atoms with Gasteiger partial charge >= 0.3 is 6.03 Å². The Morgan fingerprint density at radius 3 is 2.50 bits per heavy atom. The van der Waals surface area contributed by atoms with E-state index in [4.69, 9.17) is 9.84 Å². The number of methoxy groups -OCH3 is 1. The SMILES string of the molecule is COC(CNC(=O)NC(C)C(C)CO)c1ccccc1. The third kappa shape index (κ3) is 5.19. The van der Waals surface area contributed by atoms with Crippen LogP contribution < -0.4 is 10.6 Å². The van der Waals surface area contributed by atoms with Gasteiger partial charge in [0.2, 0.25) is 0 Å². The number of carbonyl (C=O) groups excluding carboxylic acids is 1. The maximum absolute atomic E-state index is 11.8. The minimum absolute atomic E-state index is 0.0214. The molecule has 0 fully saturated rings. The van der Waals surface area contributed by atoms with Crippen LogP contribution in [0.5, 0.6) is 0 Å². The smallest absolute Gasteiger partial charge is 0.315 e. The predicted molar refractivity (Wildman–Crippen MR) is 78.4 cm³/mol. The molecule has 0 aliphatic rings. The van der Waals surface area contributed by atoms with Crippen molar-refractivity contribution in [2.45, 2.75) is 26.0 Å². The molecule has 1 aromatic carbocycles. The summed E-state index contributed by atoms with van der Waals surface area (Å²) >= 11 is 0. The minimum Gasteiger partial charge on any atom is -0.396 e. The van der Waals surface area contributed by atoms with Crippen LogP contribution in [0, 0.1) is 5.92 Å². The maximum Gasteiger partial charge on any atom is 0.315 e. The van der Waals surface area contributed by atoms with Crippen LogP contribution in [0.1, 0.15) is 25.5 Å². The lowest BCUT2D eigenvalue weighted by Crippen LogP contribution is -2.45. The molecule has 2 amide bonds. The van der Waals surface area contributed by atoms with Crippen molar-refractivity contribution < 1.29 is 14.6 Å². The Morgan fingerprint density at radius 1 is 1.30 bits per heavy atom. The van der Waals surface area contributed by atoms with E-state index in [9.17, 15) is 4.79 Å². The zero-order valence-electron chi connectivity index (χ0n) is 12.3. The van der Waals surface area contributed by atoms with E-state index in [1.165, 1.54) is 0 Å². The molecular formula is C15H24N2O3. The van der Waals surface area contributed by atoms with Gasteiger partial charge in [-0.3, -0.25) is 0 Å². The van der Waals surface area contributed by atoms with Crippen LogP contribution in [-0.4, -0.2) is 37.4 Å². The molecule has 1 rings (SSSR count). The molecule has 0 radical (unpaired) electrons. The van der Waals surface area contributed by atoms with Crippen molar-refractivity contribution in [1.82, 2.24) is 10.6 Å². The highest BCUT2D eigenvalue weighted by Gasteiger charge is 2.15. The molecule has 3 N–H and O–H groups in total. The lowest BCUT2D eigenvalue weighted by molar-refractivity contribution is 0.103. The molecule has 112 valence electrons. The van der Waals surface area contributed by atoms with E-state index in [0.29, 0.717) is 6.54 Å². The highest BCUT2D eigenvalue weighted by atomic mass is 16.5. The second-order valence-electron chi connectivity index (χ2n) is 4.94. The maximum atomic E-state index is 11.8. The zero-order valence-corrected chi connectivity index (χ0v) is 12.3. The van der Waals surface area contributed by atoms with Crippen LogP contribution in [0.2, 0.25) is 0 Å². The van der Waals surface area contributed by atoms with Crippen LogP contribution in [0.15, 0.2) is 30.3 Å². The molecule has 0 saturated carbocycles. The Balaban J connectivity index is 2.43. The highest BCUT2D eigenvalue weighted by molar-refractivity contribution is 5.74. The van der Waals surface area contributed by atoms with Gasteiger partial charge in [0.05, 0.1) is 6.10 Å². The molecule has 3 unspecified atom stereocenters. The summed E-state index contributed by atoms with van der Waals surface area (Å²) in [5.74, 6) is 0.0214. The van der Waals surface area contributed by atoms with Gasteiger partial charge in [-0.2, -0.15) is 0 Å². The van der Waals surface area contributed by atoms with E-state index in [0.717, 1.165) is 5.56 Å². The molecule has 0 aliphatic carbocycles. The van der Waals surface area contributed by atoms with Crippen LogP contribution >= 0.6 is 0 Å². The number of benzene rings is 1. The van der Waals surface area contributed by atoms with E-state index in [-0.39, 0.29) is 30.7 Å². The fourth-order valence-electron chi connectivity index (χ4n) is 1.75. The largest absolute Gasteiger partial charge is 0.396 e. The first kappa shape index (κ1) is 16.5. The Labute approximate surface area is 120 Å². The average Bonchev–Trinajstić information content (AvgIpc) is 2.48. The van der Waals surface area contributed by atoms with E-state index < -0.39 is 0 Å². The fraction of sp³-hybridized carbons (Fsp3) is 0.533. The quantitative estimate of drug-likeness (QED) is 0.712. The van der Waals surface area contributed by atoms with Gasteiger partial charge in [-0.05, 0) is 18.4 Å². The molecule has 0 heterocycles. The highest BCUT2D eigenvalue weighted by Crippen LogP contribution is 2.14. The number of amides is 2. The van der Waals surface area contributed by atoms with Gasteiger partial charge in [-0.15, -0.1) is 0 Å². The molecule has 0 spiro atoms. The lowest BCUT2D eigenvalue weighted by atomic mass is 10.1. The number of aliphatic hydroxyl groups excluding tert-OH is 1. The number of carbonyl (C=O) groups is 1. The Bertz CT molecular complexity index is 397. The average molecular weight is 280 g/mol. The second kappa shape index (κ2) is 8.55. The first-order valence-electron chi connectivity index (χ1n) is 6.81. The van der Waals surface area contributed by atoms with Crippen molar-refractivity contribution in [1.29, 1.82) is 0 Å². The summed E-state index contributed by atoms with van der Waals surface area (Å²) in [5, 5.41) is 14.6. The first-order chi connectivity index (χ1) is 9.58. The van der Waals surface area contributed by atoms with Crippen LogP contribution in [0.4, 0.5) is 4.79 Å². The van der Waals surface area contributed by atoms with E-state index in [1.54, 1.807) is 7.11 Å². The van der Waals surface area contributed by atoms with Gasteiger partial charge < -0.3 is 20.5 Å². The standard InChI is InChI=1S/C15H24N2O3/c1-11(10-18)12(2)17-15(19)16-9-14(20-3)13-7-5-4-6-8-13/h4-8,11-12,14,18H,9-10H2,1-3H3,(H2,16,17,19). The van der Waals surface area contributed by atoms with Gasteiger partial charge in [0.15, 0.2) is 0 Å². The molecule has 0 aromatic heterocycles. The van der Waals surface area contributed by atoms with Crippen molar-refractivity contribution in [3.8, 4) is 0 Å². The van der Waals surface area contributed by atoms with Crippen molar-refractivity contribution in [2.24, 2.45) is 5.92 Å². The number of hydrogen-bond donors (Lipinski definition) is 3. The van der Waals surface area contributed by atoms with Crippen molar-refractivity contribution >= 4 is 6.03 Å². The van der Waals surface area contributed by atoms with Gasteiger partial charge in [0.25, 0.3) is 0 Å². The number of urea groups is 1. The van der Waals surface area contributed by atoms with Crippen molar-refractivity contribution in [2.75, 3.05) is 20.3 Å². The molecular weight excluding hydrogens is 256 g/mol. The number of rotatable bonds is 7. The molecule has 0 saturated heterocycles. The number of ether oxygens (including phenoxy) is 1. The van der Waals surface area contributed by atoms with Crippen LogP contribution in [0.25, 0.3) is 0 Å². The van der Waals surface area contributed by atoms with Crippen molar-refractivity contribution in [3.63, 3.8) is 0 Å². The van der Waals surface area contributed by atoms with E-state index >= 15 is 0 Å². The van der Waals surface area contributed by atoms with E-state index in [2.05, 4.69) is 10.6 Å². The van der Waals surface area contributed by atoms with Gasteiger partial charge in [-0.1, -0.05) is 37.3 Å². The third-order valence-corrected chi connectivity index (χ3v) is 3.40. The van der Waals surface area contributed by atoms with Crippen molar-refractivity contribution in [3.05, 3.63) is 35.9 Å². The Morgan fingerprint density at radius 2 is 1.95 bits per heavy atom. The summed E-state index contributed by atoms with van der Waals surface area (Å²) in [5.41, 5.74) is 1.02. The zero-order chi connectivity index (χ0) is 15.0. The van der Waals surface area contributed by atoms with Gasteiger partial charge in [0.1, 0.15) is 0 Å². The first-order valence-corrected chi connectivity index (χ1v) is 6.81. The minimum atomic E-state index is -0.254. The molecule has 5 heteroatoms. The second-order valence-corrected chi connectivity index (χ2v) is 4.94. The summed E-state index contributed by atoms with van der Waals surface area (Å²) < 4.78 is 5.38. The normalized spacial score (nSPS) is 15.2. The summed E-state index contributed by atoms with van der Waals surface area (Å²) in [6.07, 6.45) is -0.174. The third-order valence-electron chi connectivity index (χ3n) is 3.40. The number of aliphatic hydroxyl groups is 1. The summed E-state index contributed by atoms with van der Waals surface area (Å²) in [6.45, 7) is 4.19. The fourth-order valence-corrected chi connectivity index (χ4v) is 1.75. The van der Waals surface area contributed by atoms with Crippen LogP contribution in [0.3, 0.4) is 0 Å². The summed E-state index contributed by atoms with van der Waals surface area (Å²) in [6, 6.07) is 9.40. The molecule has 20 heavy (non-hydrogen) atoms. The molecule has 0 bridgehead atoms. The molecule has 5 nitrogen and oxygen atoms in total. The lowest BCUT2D eigenvalue weighted by Gasteiger charge is -2.21. The van der Waals surface area contributed by atoms with Crippen LogP contribution in [-0.2, 0) is 4.74 Å².